The monoisotopic (exact) mass is 190 g/mol. The fourth-order valence-electron chi connectivity index (χ4n) is 1.35. The van der Waals surface area contributed by atoms with Gasteiger partial charge >= 0.3 is 8.80 Å². The van der Waals surface area contributed by atoms with E-state index in [1.165, 1.54) is 0 Å². The molecule has 3 aliphatic rings. The van der Waals surface area contributed by atoms with Crippen LogP contribution in [0.1, 0.15) is 0 Å². The van der Waals surface area contributed by atoms with Gasteiger partial charge in [-0.3, -0.25) is 9.43 Å². The lowest BCUT2D eigenvalue weighted by Crippen LogP contribution is -2.56. The number of rotatable bonds is 0. The van der Waals surface area contributed by atoms with Gasteiger partial charge < -0.3 is 8.85 Å². The smallest absolute Gasteiger partial charge is 0.371 e. The maximum absolute atomic E-state index is 5.53. The van der Waals surface area contributed by atoms with Crippen LogP contribution in [-0.2, 0) is 13.4 Å². The Kier molecular flexibility index (Phi) is 2.44. The van der Waals surface area contributed by atoms with E-state index in [2.05, 4.69) is 10.4 Å². The molecule has 0 amide bonds. The molecule has 0 atom stereocenters. The van der Waals surface area contributed by atoms with E-state index in [1.807, 2.05) is 6.55 Å². The summed E-state index contributed by atoms with van der Waals surface area (Å²) in [5.74, 6) is 0. The van der Waals surface area contributed by atoms with Gasteiger partial charge in [0.25, 0.3) is 0 Å². The van der Waals surface area contributed by atoms with Gasteiger partial charge in [-0.05, 0) is 0 Å². The molecule has 3 saturated heterocycles. The number of hydrogen-bond acceptors (Lipinski definition) is 5. The molecule has 0 spiro atoms. The first-order valence-corrected chi connectivity index (χ1v) is 6.42. The molecule has 0 saturated carbocycles. The quantitative estimate of drug-likeness (QED) is 0.517. The number of nitrogens with one attached hydrogen (secondary N) is 1. The maximum atomic E-state index is 5.53. The molecule has 3 fully saturated rings. The second kappa shape index (κ2) is 3.41. The molecule has 2 bridgehead atoms. The molecule has 0 aromatic carbocycles. The van der Waals surface area contributed by atoms with Crippen molar-refractivity contribution in [3.63, 3.8) is 0 Å². The molecule has 3 aliphatic heterocycles. The van der Waals surface area contributed by atoms with Gasteiger partial charge in [0.05, 0.1) is 19.9 Å². The topological polar surface area (TPSA) is 43.0 Å². The van der Waals surface area contributed by atoms with Crippen LogP contribution < -0.4 is 5.48 Å². The van der Waals surface area contributed by atoms with Gasteiger partial charge in [0, 0.05) is 19.6 Å². The zero-order valence-corrected chi connectivity index (χ0v) is 8.21. The summed E-state index contributed by atoms with van der Waals surface area (Å²) in [4.78, 5) is 2.20. The molecule has 0 aliphatic carbocycles. The van der Waals surface area contributed by atoms with Crippen molar-refractivity contribution in [2.24, 2.45) is 0 Å². The van der Waals surface area contributed by atoms with Gasteiger partial charge in [-0.15, -0.1) is 0 Å². The Morgan fingerprint density at radius 1 is 1.25 bits per heavy atom. The first kappa shape index (κ1) is 8.61. The number of nitrogens with zero attached hydrogens (tertiary/aromatic N) is 1. The molecule has 3 heterocycles. The van der Waals surface area contributed by atoms with Crippen LogP contribution in [-0.4, -0.2) is 46.7 Å². The van der Waals surface area contributed by atoms with Gasteiger partial charge in [-0.1, -0.05) is 0 Å². The summed E-state index contributed by atoms with van der Waals surface area (Å²) >= 11 is 0. The second-order valence-corrected chi connectivity index (χ2v) is 5.59. The third kappa shape index (κ3) is 1.84. The van der Waals surface area contributed by atoms with E-state index in [4.69, 9.17) is 13.4 Å². The standard InChI is InChI=1S/C6H14N2O3Si/c1-12-9-4-2-8(3-5-10-12)6-7-11-12/h7H,2-6H2,1H3. The molecule has 70 valence electrons. The molecule has 0 unspecified atom stereocenters. The minimum absolute atomic E-state index is 0.713. The Morgan fingerprint density at radius 2 is 1.92 bits per heavy atom. The van der Waals surface area contributed by atoms with E-state index in [0.717, 1.165) is 19.8 Å². The highest BCUT2D eigenvalue weighted by atomic mass is 28.4. The first-order chi connectivity index (χ1) is 5.79. The second-order valence-electron chi connectivity index (χ2n) is 3.08. The van der Waals surface area contributed by atoms with E-state index >= 15 is 0 Å². The van der Waals surface area contributed by atoms with Crippen LogP contribution in [0, 0.1) is 0 Å². The van der Waals surface area contributed by atoms with Crippen molar-refractivity contribution in [1.82, 2.24) is 10.4 Å². The maximum Gasteiger partial charge on any atom is 0.514 e. The molecule has 5 nitrogen and oxygen atoms in total. The number of hydroxylamine groups is 1. The Bertz CT molecular complexity index is 142. The molecule has 12 heavy (non-hydrogen) atoms. The summed E-state index contributed by atoms with van der Waals surface area (Å²) in [7, 11) is -2.32. The summed E-state index contributed by atoms with van der Waals surface area (Å²) in [6, 6.07) is 0. The molecular weight excluding hydrogens is 176 g/mol. The Hall–Kier alpha value is 0.0169. The number of fused-ring (bicyclic) bond motifs is 6. The average molecular weight is 190 g/mol. The minimum atomic E-state index is -2.32. The van der Waals surface area contributed by atoms with Gasteiger partial charge in [-0.25, -0.2) is 0 Å². The normalized spacial score (nSPS) is 43.2. The first-order valence-electron chi connectivity index (χ1n) is 4.20. The van der Waals surface area contributed by atoms with Gasteiger partial charge in [-0.2, -0.15) is 5.48 Å². The molecule has 0 aromatic heterocycles. The lowest BCUT2D eigenvalue weighted by molar-refractivity contribution is -0.0470. The zero-order valence-electron chi connectivity index (χ0n) is 7.21. The van der Waals surface area contributed by atoms with E-state index in [9.17, 15) is 0 Å². The lowest BCUT2D eigenvalue weighted by Gasteiger charge is -2.36. The van der Waals surface area contributed by atoms with Gasteiger partial charge in [0.1, 0.15) is 0 Å². The van der Waals surface area contributed by atoms with Crippen LogP contribution in [0.3, 0.4) is 0 Å². The highest BCUT2D eigenvalue weighted by Gasteiger charge is 2.38. The molecular formula is C6H14N2O3Si. The minimum Gasteiger partial charge on any atom is -0.371 e. The summed E-state index contributed by atoms with van der Waals surface area (Å²) in [5, 5.41) is 0. The highest BCUT2D eigenvalue weighted by molar-refractivity contribution is 6.59. The van der Waals surface area contributed by atoms with Gasteiger partial charge in [0.2, 0.25) is 0 Å². The Labute approximate surface area is 72.9 Å². The zero-order chi connectivity index (χ0) is 8.44. The van der Waals surface area contributed by atoms with Gasteiger partial charge in [0.15, 0.2) is 0 Å². The lowest BCUT2D eigenvalue weighted by atomic mass is 10.5. The van der Waals surface area contributed by atoms with Crippen molar-refractivity contribution in [3.8, 4) is 0 Å². The van der Waals surface area contributed by atoms with Crippen LogP contribution in [0.15, 0.2) is 0 Å². The predicted molar refractivity (Wildman–Crippen MR) is 44.2 cm³/mol. The molecule has 0 radical (unpaired) electrons. The summed E-state index contributed by atoms with van der Waals surface area (Å²) in [6.45, 7) is 6.04. The Morgan fingerprint density at radius 3 is 2.58 bits per heavy atom. The highest BCUT2D eigenvalue weighted by Crippen LogP contribution is 2.12. The molecule has 6 heteroatoms. The van der Waals surface area contributed by atoms with Crippen molar-refractivity contribution in [2.45, 2.75) is 6.55 Å². The fraction of sp³-hybridized carbons (Fsp3) is 1.00. The Balaban J connectivity index is 2.06. The van der Waals surface area contributed by atoms with Crippen LogP contribution in [0.2, 0.25) is 6.55 Å². The van der Waals surface area contributed by atoms with Crippen LogP contribution in [0.5, 0.6) is 0 Å². The van der Waals surface area contributed by atoms with Crippen LogP contribution >= 0.6 is 0 Å². The molecule has 0 aromatic rings. The summed E-state index contributed by atoms with van der Waals surface area (Å²) in [5.41, 5.74) is 2.87. The van der Waals surface area contributed by atoms with Crippen LogP contribution in [0.4, 0.5) is 0 Å². The van der Waals surface area contributed by atoms with Crippen molar-refractivity contribution in [2.75, 3.05) is 33.0 Å². The SMILES string of the molecule is C[Si]12OCCN(CCO1)CNO2. The summed E-state index contributed by atoms with van der Waals surface area (Å²) < 4.78 is 16.4. The largest absolute Gasteiger partial charge is 0.514 e. The van der Waals surface area contributed by atoms with E-state index in [-0.39, 0.29) is 0 Å². The third-order valence-corrected chi connectivity index (χ3v) is 4.06. The predicted octanol–water partition coefficient (Wildman–Crippen LogP) is -0.604. The van der Waals surface area contributed by atoms with Crippen molar-refractivity contribution in [3.05, 3.63) is 0 Å². The molecule has 3 rings (SSSR count). The van der Waals surface area contributed by atoms with Crippen molar-refractivity contribution < 1.29 is 13.4 Å². The van der Waals surface area contributed by atoms with Crippen LogP contribution in [0.25, 0.3) is 0 Å². The molecule has 1 N–H and O–H groups in total. The van der Waals surface area contributed by atoms with E-state index < -0.39 is 8.80 Å². The number of hydrogen-bond donors (Lipinski definition) is 1. The third-order valence-electron chi connectivity index (χ3n) is 2.09. The fourth-order valence-corrected chi connectivity index (χ4v) is 2.80. The summed E-state index contributed by atoms with van der Waals surface area (Å²) in [6.07, 6.45) is 0. The average Bonchev–Trinajstić information content (AvgIpc) is 1.93. The van der Waals surface area contributed by atoms with E-state index in [1.54, 1.807) is 0 Å². The van der Waals surface area contributed by atoms with Crippen molar-refractivity contribution >= 4 is 8.80 Å². The van der Waals surface area contributed by atoms with Crippen molar-refractivity contribution in [1.29, 1.82) is 0 Å². The van der Waals surface area contributed by atoms with E-state index in [0.29, 0.717) is 13.2 Å².